The van der Waals surface area contributed by atoms with Crippen LogP contribution in [0.5, 0.6) is 0 Å². The maximum absolute atomic E-state index is 13.0. The predicted molar refractivity (Wildman–Crippen MR) is 145 cm³/mol. The minimum absolute atomic E-state index is 0.216. The van der Waals surface area contributed by atoms with Crippen molar-refractivity contribution in [3.63, 3.8) is 0 Å². The Labute approximate surface area is 213 Å². The number of fused-ring (bicyclic) bond motifs is 1. The molecule has 0 unspecified atom stereocenters. The van der Waals surface area contributed by atoms with Gasteiger partial charge in [0, 0.05) is 11.6 Å². The molecular weight excluding hydrogens is 466 g/mol. The van der Waals surface area contributed by atoms with Crippen molar-refractivity contribution < 1.29 is 9.53 Å². The molecule has 3 aromatic carbocycles. The van der Waals surface area contributed by atoms with Crippen LogP contribution in [0.2, 0.25) is 0 Å². The van der Waals surface area contributed by atoms with E-state index >= 15 is 0 Å². The molecule has 8 heteroatoms. The van der Waals surface area contributed by atoms with Gasteiger partial charge in [-0.3, -0.25) is 10.1 Å². The topological polar surface area (TPSA) is 109 Å². The zero-order valence-electron chi connectivity index (χ0n) is 20.1. The van der Waals surface area contributed by atoms with Crippen LogP contribution in [-0.4, -0.2) is 27.7 Å². The normalized spacial score (nSPS) is 10.9. The molecule has 0 bridgehead atoms. The van der Waals surface area contributed by atoms with Crippen molar-refractivity contribution >= 4 is 28.8 Å². The molecule has 184 valence electrons. The fraction of sp³-hybridized carbons (Fsp3) is 0.103. The first-order valence-corrected chi connectivity index (χ1v) is 11.9. The maximum Gasteiger partial charge on any atom is 0.412 e. The van der Waals surface area contributed by atoms with Crippen molar-refractivity contribution in [2.24, 2.45) is 0 Å². The van der Waals surface area contributed by atoms with Crippen LogP contribution < -0.4 is 16.2 Å². The molecule has 2 aromatic heterocycles. The van der Waals surface area contributed by atoms with E-state index in [1.165, 1.54) is 0 Å². The minimum Gasteiger partial charge on any atom is -0.450 e. The Morgan fingerprint density at radius 2 is 1.49 bits per heavy atom. The molecule has 0 fully saturated rings. The predicted octanol–water partition coefficient (Wildman–Crippen LogP) is 5.76. The number of carbonyl (C=O) groups excluding carboxylic acids is 1. The Morgan fingerprint density at radius 3 is 2.08 bits per heavy atom. The molecule has 0 radical (unpaired) electrons. The van der Waals surface area contributed by atoms with E-state index in [4.69, 9.17) is 9.72 Å². The van der Waals surface area contributed by atoms with E-state index in [-0.39, 0.29) is 29.7 Å². The Hall–Kier alpha value is -4.98. The summed E-state index contributed by atoms with van der Waals surface area (Å²) in [5, 5.41) is 6.14. The highest BCUT2D eigenvalue weighted by molar-refractivity contribution is 5.92. The van der Waals surface area contributed by atoms with Gasteiger partial charge in [-0.2, -0.15) is 0 Å². The van der Waals surface area contributed by atoms with Gasteiger partial charge in [0.05, 0.1) is 18.2 Å². The van der Waals surface area contributed by atoms with E-state index in [1.54, 1.807) is 13.0 Å². The summed E-state index contributed by atoms with van der Waals surface area (Å²) in [6.45, 7) is 1.94. The van der Waals surface area contributed by atoms with Crippen LogP contribution in [0.3, 0.4) is 0 Å². The second-order valence-corrected chi connectivity index (χ2v) is 8.28. The summed E-state index contributed by atoms with van der Waals surface area (Å²) >= 11 is 0. The monoisotopic (exact) mass is 491 g/mol. The van der Waals surface area contributed by atoms with Crippen LogP contribution in [-0.2, 0) is 4.74 Å². The first-order chi connectivity index (χ1) is 18.1. The zero-order chi connectivity index (χ0) is 25.6. The number of nitrogens with one attached hydrogen (secondary N) is 3. The van der Waals surface area contributed by atoms with Gasteiger partial charge >= 0.3 is 6.09 Å². The van der Waals surface area contributed by atoms with E-state index in [0.29, 0.717) is 22.4 Å². The lowest BCUT2D eigenvalue weighted by Crippen LogP contribution is -2.19. The van der Waals surface area contributed by atoms with Gasteiger partial charge in [-0.05, 0) is 18.1 Å². The molecule has 5 rings (SSSR count). The van der Waals surface area contributed by atoms with Gasteiger partial charge in [0.2, 0.25) is 0 Å². The number of H-pyrrole nitrogens is 1. The van der Waals surface area contributed by atoms with Crippen LogP contribution in [0, 0.1) is 0 Å². The van der Waals surface area contributed by atoms with Gasteiger partial charge in [-0.25, -0.2) is 14.8 Å². The number of anilines is 2. The van der Waals surface area contributed by atoms with Gasteiger partial charge in [0.25, 0.3) is 5.56 Å². The second kappa shape index (κ2) is 10.7. The number of rotatable bonds is 7. The average molecular weight is 492 g/mol. The fourth-order valence-corrected chi connectivity index (χ4v) is 4.11. The molecule has 2 heterocycles. The summed E-state index contributed by atoms with van der Waals surface area (Å²) in [7, 11) is 0. The smallest absolute Gasteiger partial charge is 0.412 e. The molecule has 0 saturated carbocycles. The Balaban J connectivity index is 1.68. The SMILES string of the molecule is CCOC(=O)Nc1cc2[nH]c(=O)c(-c3ccccc3)nc2c(NC(c2ccccc2)c2ccccc2)n1. The molecule has 5 aromatic rings. The number of amides is 1. The number of ether oxygens (including phenoxy) is 1. The summed E-state index contributed by atoms with van der Waals surface area (Å²) in [6.07, 6.45) is -0.640. The Bertz CT molecular complexity index is 1530. The largest absolute Gasteiger partial charge is 0.450 e. The lowest BCUT2D eigenvalue weighted by atomic mass is 9.98. The summed E-state index contributed by atoms with van der Waals surface area (Å²) < 4.78 is 5.02. The van der Waals surface area contributed by atoms with E-state index in [1.807, 2.05) is 91.0 Å². The molecule has 0 aliphatic rings. The summed E-state index contributed by atoms with van der Waals surface area (Å²) in [6, 6.07) is 30.5. The number of hydrogen-bond acceptors (Lipinski definition) is 6. The lowest BCUT2D eigenvalue weighted by Gasteiger charge is -2.22. The highest BCUT2D eigenvalue weighted by Gasteiger charge is 2.19. The van der Waals surface area contributed by atoms with Crippen molar-refractivity contribution in [3.05, 3.63) is 119 Å². The molecule has 0 atom stereocenters. The van der Waals surface area contributed by atoms with Crippen LogP contribution in [0.15, 0.2) is 102 Å². The number of carbonyl (C=O) groups is 1. The van der Waals surface area contributed by atoms with Gasteiger partial charge in [0.1, 0.15) is 17.0 Å². The third-order valence-corrected chi connectivity index (χ3v) is 5.78. The minimum atomic E-state index is -0.640. The van der Waals surface area contributed by atoms with Crippen molar-refractivity contribution in [1.82, 2.24) is 15.0 Å². The molecule has 0 saturated heterocycles. The van der Waals surface area contributed by atoms with E-state index in [2.05, 4.69) is 20.6 Å². The van der Waals surface area contributed by atoms with Gasteiger partial charge in [-0.15, -0.1) is 0 Å². The van der Waals surface area contributed by atoms with Crippen molar-refractivity contribution in [2.45, 2.75) is 13.0 Å². The van der Waals surface area contributed by atoms with Crippen molar-refractivity contribution in [1.29, 1.82) is 0 Å². The highest BCUT2D eigenvalue weighted by atomic mass is 16.5. The average Bonchev–Trinajstić information content (AvgIpc) is 2.93. The standard InChI is InChI=1S/C29H25N5O3/c1-2-37-29(36)32-23-18-22-26(33-25(28(35)30-22)21-16-10-5-11-17-21)27(31-23)34-24(19-12-6-3-7-13-19)20-14-8-4-9-15-20/h3-18,24H,2H2,1H3,(H,30,35)(H2,31,32,34,36). The summed E-state index contributed by atoms with van der Waals surface area (Å²) in [4.78, 5) is 37.4. The number of benzene rings is 3. The quantitative estimate of drug-likeness (QED) is 0.267. The van der Waals surface area contributed by atoms with Crippen molar-refractivity contribution in [2.75, 3.05) is 17.2 Å². The number of hydrogen-bond donors (Lipinski definition) is 3. The molecule has 3 N–H and O–H groups in total. The number of aromatic amines is 1. The van der Waals surface area contributed by atoms with Crippen LogP contribution in [0.4, 0.5) is 16.4 Å². The third kappa shape index (κ3) is 5.33. The zero-order valence-corrected chi connectivity index (χ0v) is 20.1. The molecule has 0 aliphatic heterocycles. The number of nitrogens with zero attached hydrogens (tertiary/aromatic N) is 2. The van der Waals surface area contributed by atoms with E-state index in [9.17, 15) is 9.59 Å². The van der Waals surface area contributed by atoms with E-state index < -0.39 is 6.09 Å². The van der Waals surface area contributed by atoms with Crippen molar-refractivity contribution in [3.8, 4) is 11.3 Å². The van der Waals surface area contributed by atoms with Gasteiger partial charge in [-0.1, -0.05) is 91.0 Å². The summed E-state index contributed by atoms with van der Waals surface area (Å²) in [5.74, 6) is 0.619. The summed E-state index contributed by atoms with van der Waals surface area (Å²) in [5.41, 5.74) is 3.53. The molecule has 8 nitrogen and oxygen atoms in total. The maximum atomic E-state index is 13.0. The molecule has 0 aliphatic carbocycles. The van der Waals surface area contributed by atoms with Crippen LogP contribution in [0.1, 0.15) is 24.1 Å². The number of aromatic nitrogens is 3. The fourth-order valence-electron chi connectivity index (χ4n) is 4.11. The molecule has 1 amide bonds. The first kappa shape index (κ1) is 23.7. The lowest BCUT2D eigenvalue weighted by molar-refractivity contribution is 0.168. The second-order valence-electron chi connectivity index (χ2n) is 8.28. The van der Waals surface area contributed by atoms with Gasteiger partial charge < -0.3 is 15.0 Å². The first-order valence-electron chi connectivity index (χ1n) is 11.9. The third-order valence-electron chi connectivity index (χ3n) is 5.78. The number of pyridine rings is 1. The Morgan fingerprint density at radius 1 is 0.892 bits per heavy atom. The Kier molecular flexibility index (Phi) is 6.89. The molecule has 0 spiro atoms. The van der Waals surface area contributed by atoms with Crippen LogP contribution in [0.25, 0.3) is 22.3 Å². The van der Waals surface area contributed by atoms with Gasteiger partial charge in [0.15, 0.2) is 5.82 Å². The highest BCUT2D eigenvalue weighted by Crippen LogP contribution is 2.30. The van der Waals surface area contributed by atoms with Crippen LogP contribution >= 0.6 is 0 Å². The molecular formula is C29H25N5O3. The van der Waals surface area contributed by atoms with E-state index in [0.717, 1.165) is 11.1 Å². The molecule has 37 heavy (non-hydrogen) atoms.